The maximum Gasteiger partial charge on any atom is 0.151 e. The van der Waals surface area contributed by atoms with Gasteiger partial charge >= 0.3 is 0 Å². The van der Waals surface area contributed by atoms with Gasteiger partial charge in [0.15, 0.2) is 5.82 Å². The fourth-order valence-corrected chi connectivity index (χ4v) is 3.67. The molecule has 6 heteroatoms. The first-order valence-electron chi connectivity index (χ1n) is 7.62. The lowest BCUT2D eigenvalue weighted by molar-refractivity contribution is 0.387. The van der Waals surface area contributed by atoms with Gasteiger partial charge in [0.1, 0.15) is 0 Å². The van der Waals surface area contributed by atoms with Gasteiger partial charge in [0.25, 0.3) is 0 Å². The van der Waals surface area contributed by atoms with Crippen molar-refractivity contribution >= 4 is 30.6 Å². The molecule has 2 aromatic rings. The number of benzene rings is 1. The number of rotatable bonds is 2. The molecule has 0 amide bonds. The van der Waals surface area contributed by atoms with Crippen molar-refractivity contribution in [1.29, 1.82) is 0 Å². The van der Waals surface area contributed by atoms with Crippen LogP contribution in [0.4, 0.5) is 5.82 Å². The summed E-state index contributed by atoms with van der Waals surface area (Å²) in [5.74, 6) is 2.61. The van der Waals surface area contributed by atoms with Gasteiger partial charge in [-0.2, -0.15) is 0 Å². The first-order valence-corrected chi connectivity index (χ1v) is 7.62. The van der Waals surface area contributed by atoms with Crippen molar-refractivity contribution in [2.75, 3.05) is 38.1 Å². The molecular weight excluding hydrogens is 331 g/mol. The molecule has 0 N–H and O–H groups in total. The summed E-state index contributed by atoms with van der Waals surface area (Å²) in [6.45, 7) is 4.68. The Labute approximate surface area is 149 Å². The molecule has 2 unspecified atom stereocenters. The number of hydrogen-bond acceptors (Lipinski definition) is 4. The lowest BCUT2D eigenvalue weighted by Crippen LogP contribution is -2.27. The highest BCUT2D eigenvalue weighted by Gasteiger charge is 2.39. The van der Waals surface area contributed by atoms with Gasteiger partial charge in [-0.3, -0.25) is 0 Å². The monoisotopic (exact) mass is 352 g/mol. The second kappa shape index (κ2) is 7.47. The quantitative estimate of drug-likeness (QED) is 0.831. The molecular formula is C17H22Cl2N4. The van der Waals surface area contributed by atoms with Crippen LogP contribution in [0, 0.1) is 11.8 Å². The Morgan fingerprint density at radius 3 is 2.04 bits per heavy atom. The van der Waals surface area contributed by atoms with E-state index in [1.165, 1.54) is 13.1 Å². The van der Waals surface area contributed by atoms with E-state index in [-0.39, 0.29) is 24.8 Å². The van der Waals surface area contributed by atoms with Crippen LogP contribution in [-0.2, 0) is 0 Å². The van der Waals surface area contributed by atoms with E-state index in [1.54, 1.807) is 0 Å². The van der Waals surface area contributed by atoms with E-state index in [0.717, 1.165) is 42.0 Å². The second-order valence-corrected chi connectivity index (χ2v) is 6.29. The Morgan fingerprint density at radius 1 is 0.826 bits per heavy atom. The average molecular weight is 353 g/mol. The third kappa shape index (κ3) is 3.60. The standard InChI is InChI=1S/C17H20N4.2ClH/c1-20-9-14-11-21(12-15(14)10-20)17-8-7-16(18-19-17)13-5-3-2-4-6-13;;/h2-8,14-15H,9-12H2,1H3;2*1H. The lowest BCUT2D eigenvalue weighted by atomic mass is 10.0. The van der Waals surface area contributed by atoms with Gasteiger partial charge in [0.05, 0.1) is 5.69 Å². The van der Waals surface area contributed by atoms with Crippen molar-refractivity contribution in [3.8, 4) is 11.3 Å². The van der Waals surface area contributed by atoms with Gasteiger partial charge in [0.2, 0.25) is 0 Å². The molecule has 0 saturated carbocycles. The fourth-order valence-electron chi connectivity index (χ4n) is 3.67. The molecule has 0 bridgehead atoms. The van der Waals surface area contributed by atoms with E-state index in [1.807, 2.05) is 18.2 Å². The zero-order chi connectivity index (χ0) is 14.2. The fraction of sp³-hybridized carbons (Fsp3) is 0.412. The van der Waals surface area contributed by atoms with Gasteiger partial charge in [-0.15, -0.1) is 35.0 Å². The van der Waals surface area contributed by atoms with E-state index >= 15 is 0 Å². The van der Waals surface area contributed by atoms with Crippen molar-refractivity contribution in [2.24, 2.45) is 11.8 Å². The molecule has 2 saturated heterocycles. The molecule has 124 valence electrons. The third-order valence-electron chi connectivity index (χ3n) is 4.71. The summed E-state index contributed by atoms with van der Waals surface area (Å²) in [6, 6.07) is 14.4. The Balaban J connectivity index is 0.000000960. The molecule has 4 nitrogen and oxygen atoms in total. The topological polar surface area (TPSA) is 32.3 Å². The van der Waals surface area contributed by atoms with E-state index in [2.05, 4.69) is 51.3 Å². The Bertz CT molecular complexity index is 606. The highest BCUT2D eigenvalue weighted by Crippen LogP contribution is 2.32. The minimum absolute atomic E-state index is 0. The predicted molar refractivity (Wildman–Crippen MR) is 98.7 cm³/mol. The molecule has 0 spiro atoms. The summed E-state index contributed by atoms with van der Waals surface area (Å²) in [5, 5.41) is 8.85. The maximum atomic E-state index is 4.45. The molecule has 2 fully saturated rings. The van der Waals surface area contributed by atoms with Crippen LogP contribution in [0.3, 0.4) is 0 Å². The van der Waals surface area contributed by atoms with E-state index in [0.29, 0.717) is 0 Å². The second-order valence-electron chi connectivity index (χ2n) is 6.29. The number of anilines is 1. The van der Waals surface area contributed by atoms with Crippen LogP contribution in [0.15, 0.2) is 42.5 Å². The SMILES string of the molecule is CN1CC2CN(c3ccc(-c4ccccc4)nn3)CC2C1.Cl.Cl. The van der Waals surface area contributed by atoms with Gasteiger partial charge < -0.3 is 9.80 Å². The van der Waals surface area contributed by atoms with Crippen LogP contribution >= 0.6 is 24.8 Å². The van der Waals surface area contributed by atoms with E-state index < -0.39 is 0 Å². The first kappa shape index (κ1) is 18.0. The van der Waals surface area contributed by atoms with Gasteiger partial charge in [-0.05, 0) is 31.0 Å². The summed E-state index contributed by atoms with van der Waals surface area (Å²) < 4.78 is 0. The minimum atomic E-state index is 0. The van der Waals surface area contributed by atoms with Gasteiger partial charge in [-0.1, -0.05) is 30.3 Å². The largest absolute Gasteiger partial charge is 0.354 e. The zero-order valence-corrected chi connectivity index (χ0v) is 14.8. The normalized spacial score (nSPS) is 23.1. The van der Waals surface area contributed by atoms with Crippen LogP contribution in [0.25, 0.3) is 11.3 Å². The number of nitrogens with zero attached hydrogens (tertiary/aromatic N) is 4. The average Bonchev–Trinajstić information content (AvgIpc) is 3.06. The number of halogens is 2. The Morgan fingerprint density at radius 2 is 1.48 bits per heavy atom. The van der Waals surface area contributed by atoms with Crippen LogP contribution < -0.4 is 4.90 Å². The molecule has 2 aliphatic rings. The highest BCUT2D eigenvalue weighted by atomic mass is 35.5. The number of fused-ring (bicyclic) bond motifs is 1. The van der Waals surface area contributed by atoms with Gasteiger partial charge in [0, 0.05) is 31.7 Å². The van der Waals surface area contributed by atoms with Crippen LogP contribution in [0.1, 0.15) is 0 Å². The Kier molecular flexibility index (Phi) is 5.84. The molecule has 2 atom stereocenters. The third-order valence-corrected chi connectivity index (χ3v) is 4.71. The predicted octanol–water partition coefficient (Wildman–Crippen LogP) is 2.99. The van der Waals surface area contributed by atoms with Crippen LogP contribution in [0.2, 0.25) is 0 Å². The summed E-state index contributed by atoms with van der Waals surface area (Å²) in [5.41, 5.74) is 2.06. The summed E-state index contributed by atoms with van der Waals surface area (Å²) >= 11 is 0. The molecule has 0 radical (unpaired) electrons. The molecule has 3 heterocycles. The highest BCUT2D eigenvalue weighted by molar-refractivity contribution is 5.85. The van der Waals surface area contributed by atoms with Crippen molar-refractivity contribution in [2.45, 2.75) is 0 Å². The van der Waals surface area contributed by atoms with Crippen LogP contribution in [-0.4, -0.2) is 48.3 Å². The summed E-state index contributed by atoms with van der Waals surface area (Å²) in [4.78, 5) is 4.83. The summed E-state index contributed by atoms with van der Waals surface area (Å²) in [7, 11) is 2.22. The smallest absolute Gasteiger partial charge is 0.151 e. The van der Waals surface area contributed by atoms with Crippen molar-refractivity contribution in [1.82, 2.24) is 15.1 Å². The molecule has 1 aromatic carbocycles. The molecule has 0 aliphatic carbocycles. The number of aromatic nitrogens is 2. The maximum absolute atomic E-state index is 4.45. The van der Waals surface area contributed by atoms with Crippen molar-refractivity contribution < 1.29 is 0 Å². The van der Waals surface area contributed by atoms with Gasteiger partial charge in [-0.25, -0.2) is 0 Å². The number of likely N-dealkylation sites (tertiary alicyclic amines) is 1. The first-order chi connectivity index (χ1) is 10.3. The van der Waals surface area contributed by atoms with Crippen LogP contribution in [0.5, 0.6) is 0 Å². The molecule has 23 heavy (non-hydrogen) atoms. The molecule has 4 rings (SSSR count). The molecule has 1 aromatic heterocycles. The lowest BCUT2D eigenvalue weighted by Gasteiger charge is -2.19. The molecule has 2 aliphatic heterocycles. The summed E-state index contributed by atoms with van der Waals surface area (Å²) in [6.07, 6.45) is 0. The van der Waals surface area contributed by atoms with Crippen molar-refractivity contribution in [3.05, 3.63) is 42.5 Å². The minimum Gasteiger partial charge on any atom is -0.354 e. The Hall–Kier alpha value is -1.36. The number of hydrogen-bond donors (Lipinski definition) is 0. The van der Waals surface area contributed by atoms with E-state index in [4.69, 9.17) is 0 Å². The van der Waals surface area contributed by atoms with E-state index in [9.17, 15) is 0 Å². The van der Waals surface area contributed by atoms with Crippen molar-refractivity contribution in [3.63, 3.8) is 0 Å². The zero-order valence-electron chi connectivity index (χ0n) is 13.1.